The van der Waals surface area contributed by atoms with Crippen LogP contribution in [-0.4, -0.2) is 26.7 Å². The minimum absolute atomic E-state index is 0.0246. The summed E-state index contributed by atoms with van der Waals surface area (Å²) in [5.41, 5.74) is 0.501. The molecule has 0 fully saturated rings. The van der Waals surface area contributed by atoms with Crippen molar-refractivity contribution in [2.45, 2.75) is 51.1 Å². The minimum Gasteiger partial charge on any atom is -0.335 e. The van der Waals surface area contributed by atoms with Crippen molar-refractivity contribution in [1.29, 1.82) is 0 Å². The van der Waals surface area contributed by atoms with Gasteiger partial charge in [-0.3, -0.25) is 0 Å². The molecule has 7 heteroatoms. The van der Waals surface area contributed by atoms with E-state index in [4.69, 9.17) is 0 Å². The highest BCUT2D eigenvalue weighted by Gasteiger charge is 2.18. The van der Waals surface area contributed by atoms with Gasteiger partial charge in [0.1, 0.15) is 10.7 Å². The smallest absolute Gasteiger partial charge is 0.315 e. The molecule has 0 aliphatic carbocycles. The second-order valence-electron chi connectivity index (χ2n) is 5.98. The second-order valence-corrected chi connectivity index (χ2v) is 7.96. The van der Waals surface area contributed by atoms with E-state index in [1.165, 1.54) is 12.1 Å². The lowest BCUT2D eigenvalue weighted by Crippen LogP contribution is -2.44. The van der Waals surface area contributed by atoms with Crippen molar-refractivity contribution in [3.63, 3.8) is 0 Å². The fourth-order valence-electron chi connectivity index (χ4n) is 2.11. The van der Waals surface area contributed by atoms with Gasteiger partial charge in [-0.2, -0.15) is 0 Å². The van der Waals surface area contributed by atoms with Crippen molar-refractivity contribution < 1.29 is 17.6 Å². The zero-order chi connectivity index (χ0) is 17.8. The Morgan fingerprint density at radius 3 is 2.30 bits per heavy atom. The molecule has 0 bridgehead atoms. The van der Waals surface area contributed by atoms with Crippen LogP contribution < -0.4 is 10.6 Å². The quantitative estimate of drug-likeness (QED) is 0.833. The van der Waals surface area contributed by atoms with E-state index >= 15 is 0 Å². The molecular weight excluding hydrogens is 319 g/mol. The van der Waals surface area contributed by atoms with E-state index in [-0.39, 0.29) is 17.0 Å². The van der Waals surface area contributed by atoms with Crippen molar-refractivity contribution in [2.24, 2.45) is 5.92 Å². The van der Waals surface area contributed by atoms with Gasteiger partial charge in [-0.25, -0.2) is 17.6 Å². The van der Waals surface area contributed by atoms with Crippen LogP contribution in [0.2, 0.25) is 0 Å². The first-order valence-electron chi connectivity index (χ1n) is 7.62. The molecule has 0 saturated heterocycles. The van der Waals surface area contributed by atoms with Crippen LogP contribution in [0.25, 0.3) is 0 Å². The van der Waals surface area contributed by atoms with Crippen molar-refractivity contribution in [3.05, 3.63) is 29.6 Å². The Labute approximate surface area is 137 Å². The lowest BCUT2D eigenvalue weighted by atomic mass is 10.0. The predicted octanol–water partition coefficient (Wildman–Crippen LogP) is 3.02. The Kier molecular flexibility index (Phi) is 6.56. The number of hydrogen-bond acceptors (Lipinski definition) is 3. The molecule has 23 heavy (non-hydrogen) atoms. The number of rotatable bonds is 6. The number of hydrogen-bond donors (Lipinski definition) is 2. The number of nitrogens with one attached hydrogen (secondary N) is 2. The monoisotopic (exact) mass is 344 g/mol. The molecule has 1 rings (SSSR count). The second kappa shape index (κ2) is 7.77. The molecule has 0 heterocycles. The molecular formula is C16H25FN2O3S. The summed E-state index contributed by atoms with van der Waals surface area (Å²) in [6.45, 7) is 7.74. The van der Waals surface area contributed by atoms with Gasteiger partial charge in [0.05, 0.1) is 6.04 Å². The summed E-state index contributed by atoms with van der Waals surface area (Å²) in [7, 11) is -3.60. The number of urea groups is 1. The Morgan fingerprint density at radius 1 is 1.22 bits per heavy atom. The lowest BCUT2D eigenvalue weighted by Gasteiger charge is -2.22. The van der Waals surface area contributed by atoms with Gasteiger partial charge in [0.25, 0.3) is 0 Å². The van der Waals surface area contributed by atoms with E-state index in [2.05, 4.69) is 17.6 Å². The first kappa shape index (κ1) is 19.4. The standard InChI is InChI=1S/C16H25FN2O3S/c1-6-10(2)11(3)18-16(20)19-12(4)13-7-8-15(14(17)9-13)23(5,21)22/h7-12H,6H2,1-5H3,(H2,18,19,20)/t10-,11-,12-/m0/s1. The first-order chi connectivity index (χ1) is 10.6. The highest BCUT2D eigenvalue weighted by Crippen LogP contribution is 2.20. The summed E-state index contributed by atoms with van der Waals surface area (Å²) in [6, 6.07) is 3.11. The van der Waals surface area contributed by atoms with E-state index < -0.39 is 21.7 Å². The average molecular weight is 344 g/mol. The van der Waals surface area contributed by atoms with E-state index in [0.717, 1.165) is 18.7 Å². The predicted molar refractivity (Wildman–Crippen MR) is 88.5 cm³/mol. The van der Waals surface area contributed by atoms with Crippen LogP contribution in [0.3, 0.4) is 0 Å². The fourth-order valence-corrected chi connectivity index (χ4v) is 2.84. The van der Waals surface area contributed by atoms with E-state index in [1.807, 2.05) is 13.8 Å². The number of sulfone groups is 1. The molecule has 2 amide bonds. The van der Waals surface area contributed by atoms with Crippen LogP contribution in [0, 0.1) is 11.7 Å². The Morgan fingerprint density at radius 2 is 1.83 bits per heavy atom. The topological polar surface area (TPSA) is 75.3 Å². The molecule has 1 aromatic rings. The van der Waals surface area contributed by atoms with Crippen LogP contribution in [0.5, 0.6) is 0 Å². The summed E-state index contributed by atoms with van der Waals surface area (Å²) in [6.07, 6.45) is 1.91. The maximum absolute atomic E-state index is 13.9. The van der Waals surface area contributed by atoms with E-state index in [9.17, 15) is 17.6 Å². The average Bonchev–Trinajstić information content (AvgIpc) is 2.44. The maximum atomic E-state index is 13.9. The van der Waals surface area contributed by atoms with Crippen LogP contribution >= 0.6 is 0 Å². The molecule has 0 spiro atoms. The van der Waals surface area contributed by atoms with Gasteiger partial charge in [0, 0.05) is 12.3 Å². The molecule has 5 nitrogen and oxygen atoms in total. The molecule has 1 aromatic carbocycles. The molecule has 0 radical (unpaired) electrons. The van der Waals surface area contributed by atoms with Gasteiger partial charge in [0.15, 0.2) is 9.84 Å². The van der Waals surface area contributed by atoms with Gasteiger partial charge in [-0.15, -0.1) is 0 Å². The zero-order valence-corrected chi connectivity index (χ0v) is 15.0. The SMILES string of the molecule is CC[C@H](C)[C@H](C)NC(=O)N[C@@H](C)c1ccc(S(C)(=O)=O)c(F)c1. The largest absolute Gasteiger partial charge is 0.335 e. The molecule has 0 unspecified atom stereocenters. The van der Waals surface area contributed by atoms with Crippen LogP contribution in [-0.2, 0) is 9.84 Å². The molecule has 2 N–H and O–H groups in total. The van der Waals surface area contributed by atoms with Gasteiger partial charge >= 0.3 is 6.03 Å². The van der Waals surface area contributed by atoms with Crippen LogP contribution in [0.1, 0.15) is 45.7 Å². The zero-order valence-electron chi connectivity index (χ0n) is 14.2. The Hall–Kier alpha value is -1.63. The minimum atomic E-state index is -3.60. The van der Waals surface area contributed by atoms with Crippen molar-refractivity contribution in [3.8, 4) is 0 Å². The highest BCUT2D eigenvalue weighted by atomic mass is 32.2. The molecule has 0 aliphatic rings. The van der Waals surface area contributed by atoms with Gasteiger partial charge in [-0.1, -0.05) is 26.3 Å². The number of halogens is 1. The third kappa shape index (κ3) is 5.49. The third-order valence-electron chi connectivity index (χ3n) is 4.06. The highest BCUT2D eigenvalue weighted by molar-refractivity contribution is 7.90. The summed E-state index contributed by atoms with van der Waals surface area (Å²) >= 11 is 0. The first-order valence-corrected chi connectivity index (χ1v) is 9.52. The number of amides is 2. The Balaban J connectivity index is 2.77. The normalized spacial score (nSPS) is 15.6. The molecule has 0 aliphatic heterocycles. The number of carbonyl (C=O) groups excluding carboxylic acids is 1. The van der Waals surface area contributed by atoms with Crippen LogP contribution in [0.4, 0.5) is 9.18 Å². The van der Waals surface area contributed by atoms with E-state index in [1.54, 1.807) is 6.92 Å². The summed E-state index contributed by atoms with van der Waals surface area (Å²) < 4.78 is 36.7. The van der Waals surface area contributed by atoms with Gasteiger partial charge in [0.2, 0.25) is 0 Å². The maximum Gasteiger partial charge on any atom is 0.315 e. The van der Waals surface area contributed by atoms with Crippen LogP contribution in [0.15, 0.2) is 23.1 Å². The number of benzene rings is 1. The summed E-state index contributed by atoms with van der Waals surface area (Å²) in [5, 5.41) is 5.57. The molecule has 0 saturated carbocycles. The molecule has 130 valence electrons. The molecule has 0 aromatic heterocycles. The summed E-state index contributed by atoms with van der Waals surface area (Å²) in [4.78, 5) is 11.6. The third-order valence-corrected chi connectivity index (χ3v) is 5.19. The fraction of sp³-hybridized carbons (Fsp3) is 0.562. The van der Waals surface area contributed by atoms with Gasteiger partial charge < -0.3 is 10.6 Å². The Bertz CT molecular complexity index is 661. The van der Waals surface area contributed by atoms with Crippen molar-refractivity contribution >= 4 is 15.9 Å². The van der Waals surface area contributed by atoms with Crippen molar-refractivity contribution in [1.82, 2.24) is 10.6 Å². The van der Waals surface area contributed by atoms with Gasteiger partial charge in [-0.05, 0) is 37.5 Å². The number of carbonyl (C=O) groups is 1. The lowest BCUT2D eigenvalue weighted by molar-refractivity contribution is 0.230. The van der Waals surface area contributed by atoms with E-state index in [0.29, 0.717) is 11.5 Å². The summed E-state index contributed by atoms with van der Waals surface area (Å²) in [5.74, 6) is -0.463. The molecule has 3 atom stereocenters. The van der Waals surface area contributed by atoms with Crippen molar-refractivity contribution in [2.75, 3.05) is 6.26 Å².